The molecule has 3 rings (SSSR count). The first-order chi connectivity index (χ1) is 6.75. The van der Waals surface area contributed by atoms with E-state index < -0.39 is 0 Å². The van der Waals surface area contributed by atoms with Gasteiger partial charge in [0.15, 0.2) is 0 Å². The van der Waals surface area contributed by atoms with Crippen molar-refractivity contribution in [3.8, 4) is 0 Å². The molecule has 6 heteroatoms. The molecule has 78 valence electrons. The van der Waals surface area contributed by atoms with E-state index in [2.05, 4.69) is 10.3 Å². The van der Waals surface area contributed by atoms with Gasteiger partial charge < -0.3 is 0 Å². The minimum atomic E-state index is 0.343. The van der Waals surface area contributed by atoms with Gasteiger partial charge in [0.1, 0.15) is 6.67 Å². The fraction of sp³-hybridized carbons (Fsp3) is 0.875. The SMILES string of the molecule is NN1CN=C2CC3C(CC21)NCN3N. The molecule has 3 aliphatic rings. The zero-order chi connectivity index (χ0) is 9.71. The van der Waals surface area contributed by atoms with Crippen LogP contribution in [0.4, 0.5) is 0 Å². The van der Waals surface area contributed by atoms with Gasteiger partial charge >= 0.3 is 0 Å². The number of nitrogens with two attached hydrogens (primary N) is 2. The molecule has 0 amide bonds. The monoisotopic (exact) mass is 196 g/mol. The molecule has 2 fully saturated rings. The Morgan fingerprint density at radius 3 is 3.07 bits per heavy atom. The Labute approximate surface area is 82.9 Å². The Kier molecular flexibility index (Phi) is 1.86. The van der Waals surface area contributed by atoms with Gasteiger partial charge in [0.25, 0.3) is 0 Å². The zero-order valence-corrected chi connectivity index (χ0v) is 8.06. The number of rotatable bonds is 0. The molecule has 1 aliphatic carbocycles. The molecule has 0 aromatic rings. The number of nitrogens with zero attached hydrogens (tertiary/aromatic N) is 3. The summed E-state index contributed by atoms with van der Waals surface area (Å²) in [5.41, 5.74) is 1.23. The van der Waals surface area contributed by atoms with Crippen molar-refractivity contribution in [1.29, 1.82) is 0 Å². The van der Waals surface area contributed by atoms with Gasteiger partial charge in [-0.15, -0.1) is 0 Å². The van der Waals surface area contributed by atoms with Gasteiger partial charge in [-0.2, -0.15) is 0 Å². The van der Waals surface area contributed by atoms with Crippen LogP contribution >= 0.6 is 0 Å². The first kappa shape index (κ1) is 8.75. The second kappa shape index (κ2) is 2.98. The third-order valence-corrected chi connectivity index (χ3v) is 3.54. The molecule has 0 spiro atoms. The predicted molar refractivity (Wildman–Crippen MR) is 53.0 cm³/mol. The fourth-order valence-corrected chi connectivity index (χ4v) is 2.70. The van der Waals surface area contributed by atoms with E-state index in [9.17, 15) is 0 Å². The van der Waals surface area contributed by atoms with E-state index in [0.29, 0.717) is 24.8 Å². The summed E-state index contributed by atoms with van der Waals surface area (Å²) in [5.74, 6) is 11.7. The summed E-state index contributed by atoms with van der Waals surface area (Å²) in [6.45, 7) is 1.42. The second-order valence-electron chi connectivity index (χ2n) is 4.31. The minimum Gasteiger partial charge on any atom is -0.299 e. The molecule has 0 aromatic heterocycles. The van der Waals surface area contributed by atoms with Gasteiger partial charge in [0.05, 0.1) is 12.7 Å². The van der Waals surface area contributed by atoms with E-state index in [-0.39, 0.29) is 0 Å². The largest absolute Gasteiger partial charge is 0.299 e. The summed E-state index contributed by atoms with van der Waals surface area (Å²) >= 11 is 0. The Bertz CT molecular complexity index is 277. The van der Waals surface area contributed by atoms with Crippen LogP contribution in [0.15, 0.2) is 4.99 Å². The smallest absolute Gasteiger partial charge is 0.104 e. The lowest BCUT2D eigenvalue weighted by Crippen LogP contribution is -2.53. The first-order valence-electron chi connectivity index (χ1n) is 5.05. The van der Waals surface area contributed by atoms with Gasteiger partial charge in [-0.25, -0.2) is 10.0 Å². The maximum absolute atomic E-state index is 5.88. The van der Waals surface area contributed by atoms with E-state index in [4.69, 9.17) is 11.7 Å². The highest BCUT2D eigenvalue weighted by Crippen LogP contribution is 2.28. The summed E-state index contributed by atoms with van der Waals surface area (Å²) in [6, 6.07) is 1.24. The maximum atomic E-state index is 5.88. The predicted octanol–water partition coefficient (Wildman–Crippen LogP) is -1.79. The van der Waals surface area contributed by atoms with Crippen LogP contribution in [0.25, 0.3) is 0 Å². The van der Waals surface area contributed by atoms with Crippen LogP contribution in [0, 0.1) is 0 Å². The fourth-order valence-electron chi connectivity index (χ4n) is 2.70. The molecule has 1 saturated carbocycles. The first-order valence-corrected chi connectivity index (χ1v) is 5.05. The van der Waals surface area contributed by atoms with Gasteiger partial charge in [-0.05, 0) is 6.42 Å². The van der Waals surface area contributed by atoms with Crippen molar-refractivity contribution in [2.24, 2.45) is 16.7 Å². The van der Waals surface area contributed by atoms with Crippen molar-refractivity contribution in [2.75, 3.05) is 13.3 Å². The third-order valence-electron chi connectivity index (χ3n) is 3.54. The second-order valence-corrected chi connectivity index (χ2v) is 4.31. The molecule has 5 N–H and O–H groups in total. The molecule has 1 saturated heterocycles. The number of hydrogen-bond acceptors (Lipinski definition) is 6. The summed E-state index contributed by atoms with van der Waals surface area (Å²) in [7, 11) is 0. The van der Waals surface area contributed by atoms with Crippen LogP contribution in [-0.4, -0.2) is 47.2 Å². The molecule has 14 heavy (non-hydrogen) atoms. The van der Waals surface area contributed by atoms with E-state index >= 15 is 0 Å². The molecule has 2 heterocycles. The van der Waals surface area contributed by atoms with Crippen LogP contribution in [0.3, 0.4) is 0 Å². The Morgan fingerprint density at radius 2 is 2.21 bits per heavy atom. The third kappa shape index (κ3) is 1.12. The van der Waals surface area contributed by atoms with Crippen LogP contribution < -0.4 is 17.0 Å². The van der Waals surface area contributed by atoms with Crippen molar-refractivity contribution >= 4 is 5.71 Å². The van der Waals surface area contributed by atoms with Crippen molar-refractivity contribution in [1.82, 2.24) is 15.3 Å². The summed E-state index contributed by atoms with van der Waals surface area (Å²) in [4.78, 5) is 4.44. The standard InChI is InChI=1S/C8H16N6/c9-13-4-12-6-2-8-5(1-7(6)13)11-3-14(8)10/h5,7-8,11H,1-4,9-10H2. The van der Waals surface area contributed by atoms with Crippen LogP contribution in [0.1, 0.15) is 12.8 Å². The van der Waals surface area contributed by atoms with Crippen molar-refractivity contribution in [2.45, 2.75) is 31.0 Å². The zero-order valence-electron chi connectivity index (χ0n) is 8.06. The Hall–Kier alpha value is -0.530. The molecule has 3 atom stereocenters. The summed E-state index contributed by atoms with van der Waals surface area (Å²) in [5, 5.41) is 7.11. The number of hydrazine groups is 2. The van der Waals surface area contributed by atoms with E-state index in [1.165, 1.54) is 5.71 Å². The lowest BCUT2D eigenvalue weighted by Gasteiger charge is -2.34. The maximum Gasteiger partial charge on any atom is 0.104 e. The normalized spacial score (nSPS) is 43.6. The van der Waals surface area contributed by atoms with Crippen LogP contribution in [-0.2, 0) is 0 Å². The molecular formula is C8H16N6. The molecule has 0 aromatic carbocycles. The van der Waals surface area contributed by atoms with Gasteiger partial charge in [0, 0.05) is 24.2 Å². The quantitative estimate of drug-likeness (QED) is 0.399. The highest BCUT2D eigenvalue weighted by atomic mass is 15.5. The highest BCUT2D eigenvalue weighted by molar-refractivity contribution is 5.92. The average molecular weight is 196 g/mol. The van der Waals surface area contributed by atoms with Crippen LogP contribution in [0.2, 0.25) is 0 Å². The Balaban J connectivity index is 1.82. The summed E-state index contributed by atoms with van der Waals surface area (Å²) in [6.07, 6.45) is 2.00. The van der Waals surface area contributed by atoms with Gasteiger partial charge in [0.2, 0.25) is 0 Å². The Morgan fingerprint density at radius 1 is 1.36 bits per heavy atom. The lowest BCUT2D eigenvalue weighted by molar-refractivity contribution is 0.205. The van der Waals surface area contributed by atoms with E-state index in [0.717, 1.165) is 19.5 Å². The molecular weight excluding hydrogens is 180 g/mol. The van der Waals surface area contributed by atoms with Crippen LogP contribution in [0.5, 0.6) is 0 Å². The van der Waals surface area contributed by atoms with Crippen molar-refractivity contribution < 1.29 is 0 Å². The number of fused-ring (bicyclic) bond motifs is 2. The topological polar surface area (TPSA) is 82.9 Å². The molecule has 3 unspecified atom stereocenters. The molecule has 0 radical (unpaired) electrons. The van der Waals surface area contributed by atoms with E-state index in [1.807, 2.05) is 10.0 Å². The lowest BCUT2D eigenvalue weighted by atomic mass is 9.86. The van der Waals surface area contributed by atoms with Gasteiger partial charge in [-0.1, -0.05) is 0 Å². The average Bonchev–Trinajstić information content (AvgIpc) is 2.71. The van der Waals surface area contributed by atoms with Crippen molar-refractivity contribution in [3.05, 3.63) is 0 Å². The van der Waals surface area contributed by atoms with Crippen molar-refractivity contribution in [3.63, 3.8) is 0 Å². The van der Waals surface area contributed by atoms with E-state index in [1.54, 1.807) is 0 Å². The molecule has 2 aliphatic heterocycles. The minimum absolute atomic E-state index is 0.343. The van der Waals surface area contributed by atoms with Gasteiger partial charge in [-0.3, -0.25) is 22.0 Å². The number of nitrogens with one attached hydrogen (secondary N) is 1. The molecule has 6 nitrogen and oxygen atoms in total. The highest BCUT2D eigenvalue weighted by Gasteiger charge is 2.43. The molecule has 0 bridgehead atoms. The summed E-state index contributed by atoms with van der Waals surface area (Å²) < 4.78 is 0. The number of aliphatic imine (C=N–C) groups is 1. The number of hydrogen-bond donors (Lipinski definition) is 3.